The molecular weight excluding hydrogens is 254 g/mol. The fraction of sp³-hybridized carbons (Fsp3) is 0.333. The van der Waals surface area contributed by atoms with E-state index in [4.69, 9.17) is 9.15 Å². The molecule has 0 aliphatic heterocycles. The SMILES string of the molecule is CCOC(C)c1nccn1Cc1nc2ccccc2o1. The number of aromatic nitrogens is 3. The minimum Gasteiger partial charge on any atom is -0.439 e. The summed E-state index contributed by atoms with van der Waals surface area (Å²) in [6.07, 6.45) is 3.65. The fourth-order valence-electron chi connectivity index (χ4n) is 2.27. The van der Waals surface area contributed by atoms with Gasteiger partial charge in [-0.25, -0.2) is 9.97 Å². The third kappa shape index (κ3) is 2.44. The zero-order valence-corrected chi connectivity index (χ0v) is 11.6. The zero-order chi connectivity index (χ0) is 13.9. The molecule has 5 heteroatoms. The third-order valence-electron chi connectivity index (χ3n) is 3.17. The van der Waals surface area contributed by atoms with Gasteiger partial charge in [-0.2, -0.15) is 0 Å². The Bertz CT molecular complexity index is 669. The van der Waals surface area contributed by atoms with Crippen molar-refractivity contribution in [2.24, 2.45) is 0 Å². The molecule has 2 aromatic heterocycles. The van der Waals surface area contributed by atoms with Crippen molar-refractivity contribution in [3.8, 4) is 0 Å². The Morgan fingerprint density at radius 1 is 1.35 bits per heavy atom. The number of oxazole rings is 1. The van der Waals surface area contributed by atoms with E-state index < -0.39 is 0 Å². The molecule has 0 aliphatic rings. The number of imidazole rings is 1. The molecule has 0 N–H and O–H groups in total. The van der Waals surface area contributed by atoms with Crippen LogP contribution in [0.25, 0.3) is 11.1 Å². The first-order chi connectivity index (χ1) is 9.78. The van der Waals surface area contributed by atoms with E-state index in [1.165, 1.54) is 0 Å². The van der Waals surface area contributed by atoms with Crippen molar-refractivity contribution in [2.45, 2.75) is 26.5 Å². The maximum Gasteiger partial charge on any atom is 0.215 e. The van der Waals surface area contributed by atoms with Gasteiger partial charge in [-0.05, 0) is 26.0 Å². The highest BCUT2D eigenvalue weighted by Crippen LogP contribution is 2.18. The molecule has 0 amide bonds. The van der Waals surface area contributed by atoms with Crippen LogP contribution in [-0.4, -0.2) is 21.1 Å². The van der Waals surface area contributed by atoms with Crippen LogP contribution in [0.2, 0.25) is 0 Å². The molecule has 0 saturated carbocycles. The third-order valence-corrected chi connectivity index (χ3v) is 3.17. The maximum atomic E-state index is 5.74. The lowest BCUT2D eigenvalue weighted by atomic mass is 10.3. The molecule has 2 heterocycles. The Balaban J connectivity index is 1.86. The summed E-state index contributed by atoms with van der Waals surface area (Å²) in [4.78, 5) is 8.83. The van der Waals surface area contributed by atoms with Crippen molar-refractivity contribution in [1.82, 2.24) is 14.5 Å². The Morgan fingerprint density at radius 2 is 2.20 bits per heavy atom. The van der Waals surface area contributed by atoms with Crippen LogP contribution in [0.15, 0.2) is 41.1 Å². The number of ether oxygens (including phenoxy) is 1. The standard InChI is InChI=1S/C15H17N3O2/c1-3-19-11(2)15-16-8-9-18(15)10-14-17-12-6-4-5-7-13(12)20-14/h4-9,11H,3,10H2,1-2H3. The molecule has 0 radical (unpaired) electrons. The van der Waals surface area contributed by atoms with Crippen LogP contribution in [0.3, 0.4) is 0 Å². The van der Waals surface area contributed by atoms with Crippen LogP contribution in [-0.2, 0) is 11.3 Å². The van der Waals surface area contributed by atoms with E-state index in [9.17, 15) is 0 Å². The highest BCUT2D eigenvalue weighted by atomic mass is 16.5. The van der Waals surface area contributed by atoms with Crippen LogP contribution in [0, 0.1) is 0 Å². The van der Waals surface area contributed by atoms with Crippen LogP contribution >= 0.6 is 0 Å². The second-order valence-electron chi connectivity index (χ2n) is 4.59. The van der Waals surface area contributed by atoms with Gasteiger partial charge in [0.25, 0.3) is 0 Å². The molecule has 0 bridgehead atoms. The lowest BCUT2D eigenvalue weighted by Crippen LogP contribution is -2.10. The van der Waals surface area contributed by atoms with Gasteiger partial charge < -0.3 is 13.7 Å². The highest BCUT2D eigenvalue weighted by Gasteiger charge is 2.14. The van der Waals surface area contributed by atoms with Gasteiger partial charge in [-0.15, -0.1) is 0 Å². The van der Waals surface area contributed by atoms with Crippen molar-refractivity contribution in [2.75, 3.05) is 6.61 Å². The molecule has 0 saturated heterocycles. The summed E-state index contributed by atoms with van der Waals surface area (Å²) in [5.41, 5.74) is 1.68. The second-order valence-corrected chi connectivity index (χ2v) is 4.59. The highest BCUT2D eigenvalue weighted by molar-refractivity contribution is 5.72. The summed E-state index contributed by atoms with van der Waals surface area (Å²) < 4.78 is 13.3. The number of hydrogen-bond acceptors (Lipinski definition) is 4. The van der Waals surface area contributed by atoms with E-state index in [1.54, 1.807) is 6.20 Å². The number of hydrogen-bond donors (Lipinski definition) is 0. The van der Waals surface area contributed by atoms with Gasteiger partial charge in [0.1, 0.15) is 24.0 Å². The second kappa shape index (κ2) is 5.46. The number of rotatable bonds is 5. The minimum atomic E-state index is -0.0422. The van der Waals surface area contributed by atoms with Crippen molar-refractivity contribution in [3.63, 3.8) is 0 Å². The van der Waals surface area contributed by atoms with E-state index in [0.717, 1.165) is 16.9 Å². The van der Waals surface area contributed by atoms with Crippen LogP contribution < -0.4 is 0 Å². The van der Waals surface area contributed by atoms with Crippen LogP contribution in [0.5, 0.6) is 0 Å². The molecule has 1 unspecified atom stereocenters. The predicted molar refractivity (Wildman–Crippen MR) is 75.4 cm³/mol. The van der Waals surface area contributed by atoms with Gasteiger partial charge in [0.2, 0.25) is 5.89 Å². The summed E-state index contributed by atoms with van der Waals surface area (Å²) in [7, 11) is 0. The lowest BCUT2D eigenvalue weighted by molar-refractivity contribution is 0.0676. The molecule has 3 aromatic rings. The molecule has 0 fully saturated rings. The molecule has 3 rings (SSSR count). The normalized spacial score (nSPS) is 12.9. The molecule has 1 atom stereocenters. The maximum absolute atomic E-state index is 5.74. The number of benzene rings is 1. The minimum absolute atomic E-state index is 0.0422. The van der Waals surface area contributed by atoms with Crippen molar-refractivity contribution >= 4 is 11.1 Å². The first-order valence-corrected chi connectivity index (χ1v) is 6.75. The first kappa shape index (κ1) is 12.9. The van der Waals surface area contributed by atoms with E-state index in [2.05, 4.69) is 9.97 Å². The molecule has 20 heavy (non-hydrogen) atoms. The van der Waals surface area contributed by atoms with Gasteiger partial charge in [-0.1, -0.05) is 12.1 Å². The number of nitrogens with zero attached hydrogens (tertiary/aromatic N) is 3. The molecule has 0 aliphatic carbocycles. The van der Waals surface area contributed by atoms with Crippen LogP contribution in [0.1, 0.15) is 31.7 Å². The largest absolute Gasteiger partial charge is 0.439 e. The quantitative estimate of drug-likeness (QED) is 0.715. The van der Waals surface area contributed by atoms with Gasteiger partial charge in [0, 0.05) is 19.0 Å². The Morgan fingerprint density at radius 3 is 3.00 bits per heavy atom. The zero-order valence-electron chi connectivity index (χ0n) is 11.6. The summed E-state index contributed by atoms with van der Waals surface area (Å²) in [5.74, 6) is 1.56. The van der Waals surface area contributed by atoms with Gasteiger partial charge in [0.05, 0.1) is 0 Å². The van der Waals surface area contributed by atoms with Crippen molar-refractivity contribution in [1.29, 1.82) is 0 Å². The van der Waals surface area contributed by atoms with Crippen LogP contribution in [0.4, 0.5) is 0 Å². The van der Waals surface area contributed by atoms with E-state index in [1.807, 2.05) is 48.9 Å². The molecule has 1 aromatic carbocycles. The van der Waals surface area contributed by atoms with Gasteiger partial charge >= 0.3 is 0 Å². The Labute approximate surface area is 117 Å². The Hall–Kier alpha value is -2.14. The van der Waals surface area contributed by atoms with E-state index in [-0.39, 0.29) is 6.10 Å². The fourth-order valence-corrected chi connectivity index (χ4v) is 2.27. The average Bonchev–Trinajstić information content (AvgIpc) is 3.05. The molecule has 5 nitrogen and oxygen atoms in total. The predicted octanol–water partition coefficient (Wildman–Crippen LogP) is 3.17. The first-order valence-electron chi connectivity index (χ1n) is 6.75. The number of para-hydroxylation sites is 2. The summed E-state index contributed by atoms with van der Waals surface area (Å²) in [5, 5.41) is 0. The molecule has 104 valence electrons. The van der Waals surface area contributed by atoms with Gasteiger partial charge in [0.15, 0.2) is 5.58 Å². The molecular formula is C15H17N3O2. The van der Waals surface area contributed by atoms with E-state index >= 15 is 0 Å². The monoisotopic (exact) mass is 271 g/mol. The topological polar surface area (TPSA) is 53.1 Å². The summed E-state index contributed by atoms with van der Waals surface area (Å²) >= 11 is 0. The number of fused-ring (bicyclic) bond motifs is 1. The van der Waals surface area contributed by atoms with Gasteiger partial charge in [-0.3, -0.25) is 0 Å². The van der Waals surface area contributed by atoms with Crippen molar-refractivity contribution in [3.05, 3.63) is 48.4 Å². The summed E-state index contributed by atoms with van der Waals surface area (Å²) in [6, 6.07) is 7.76. The summed E-state index contributed by atoms with van der Waals surface area (Å²) in [6.45, 7) is 5.19. The molecule has 0 spiro atoms. The lowest BCUT2D eigenvalue weighted by Gasteiger charge is -2.12. The van der Waals surface area contributed by atoms with E-state index in [0.29, 0.717) is 19.0 Å². The van der Waals surface area contributed by atoms with Crippen molar-refractivity contribution < 1.29 is 9.15 Å². The smallest absolute Gasteiger partial charge is 0.215 e. The Kier molecular flexibility index (Phi) is 3.52. The average molecular weight is 271 g/mol.